The molecule has 10 nitrogen and oxygen atoms in total. The lowest BCUT2D eigenvalue weighted by molar-refractivity contribution is -0.150. The highest BCUT2D eigenvalue weighted by atomic mass is 32.2. The van der Waals surface area contributed by atoms with Gasteiger partial charge in [-0.25, -0.2) is 9.35 Å². The van der Waals surface area contributed by atoms with Gasteiger partial charge in [-0.05, 0) is 83.8 Å². The van der Waals surface area contributed by atoms with Gasteiger partial charge in [0.25, 0.3) is 0 Å². The minimum atomic E-state index is -1.65. The Kier molecular flexibility index (Phi) is 37.3. The lowest BCUT2D eigenvalue weighted by Crippen LogP contribution is -2.40. The standard InChI is InChI=1S/C42H85N5O5S/c1-6-9-12-14-21-28-38-51-40(48)32-24-17-15-19-26-35-47(37-29-34-44-42(46(4)5)45-53(43)50)36-27-20-16-18-25-33-41(49)52-39(30-22-11-8-3)31-23-13-10-7-2/h39H,6-38,43H2,1-5H3,(H,44,45). The maximum absolute atomic E-state index is 12.6. The predicted octanol–water partition coefficient (Wildman–Crippen LogP) is 9.77. The number of ether oxygens (including phenoxy) is 2. The van der Waals surface area contributed by atoms with Crippen LogP contribution in [0.15, 0.2) is 4.99 Å². The summed E-state index contributed by atoms with van der Waals surface area (Å²) in [6.45, 7) is 10.9. The number of esters is 2. The Hall–Kier alpha value is -1.72. The number of nitrogens with one attached hydrogen (secondary N) is 1. The van der Waals surface area contributed by atoms with E-state index in [2.05, 4.69) is 35.4 Å². The number of hydrogen-bond acceptors (Lipinski definition) is 7. The van der Waals surface area contributed by atoms with E-state index in [1.807, 2.05) is 14.1 Å². The second-order valence-corrected chi connectivity index (χ2v) is 16.0. The number of rotatable bonds is 38. The van der Waals surface area contributed by atoms with Gasteiger partial charge < -0.3 is 19.3 Å². The van der Waals surface area contributed by atoms with Gasteiger partial charge in [-0.2, -0.15) is 0 Å². The zero-order chi connectivity index (χ0) is 39.2. The number of carbonyl (C=O) groups is 2. The van der Waals surface area contributed by atoms with E-state index in [1.54, 1.807) is 4.90 Å². The average Bonchev–Trinajstić information content (AvgIpc) is 3.12. The molecule has 0 amide bonds. The van der Waals surface area contributed by atoms with Crippen LogP contribution in [0.2, 0.25) is 0 Å². The van der Waals surface area contributed by atoms with Crippen molar-refractivity contribution in [1.82, 2.24) is 14.5 Å². The molecule has 11 heteroatoms. The first kappa shape index (κ1) is 51.3. The summed E-state index contributed by atoms with van der Waals surface area (Å²) in [6, 6.07) is 0. The molecule has 3 N–H and O–H groups in total. The Balaban J connectivity index is 4.49. The van der Waals surface area contributed by atoms with Crippen LogP contribution in [0.5, 0.6) is 0 Å². The first-order valence-corrected chi connectivity index (χ1v) is 23.2. The molecule has 0 aromatic rings. The minimum absolute atomic E-state index is 0.00965. The summed E-state index contributed by atoms with van der Waals surface area (Å²) in [5, 5.41) is 5.41. The van der Waals surface area contributed by atoms with Crippen LogP contribution in [0.4, 0.5) is 0 Å². The molecule has 0 aliphatic carbocycles. The third-order valence-electron chi connectivity index (χ3n) is 9.79. The summed E-state index contributed by atoms with van der Waals surface area (Å²) in [4.78, 5) is 33.6. The molecule has 53 heavy (non-hydrogen) atoms. The molecule has 0 bridgehead atoms. The van der Waals surface area contributed by atoms with E-state index in [0.29, 0.717) is 32.0 Å². The number of unbranched alkanes of at least 4 members (excludes halogenated alkanes) is 18. The van der Waals surface area contributed by atoms with Gasteiger partial charge >= 0.3 is 11.9 Å². The fourth-order valence-electron chi connectivity index (χ4n) is 6.51. The second kappa shape index (κ2) is 38.6. The van der Waals surface area contributed by atoms with Crippen molar-refractivity contribution in [2.24, 2.45) is 10.1 Å². The molecular weight excluding hydrogens is 687 g/mol. The molecule has 0 radical (unpaired) electrons. The van der Waals surface area contributed by atoms with Crippen LogP contribution in [-0.4, -0.2) is 84.9 Å². The Morgan fingerprint density at radius 2 is 1.08 bits per heavy atom. The van der Waals surface area contributed by atoms with Crippen LogP contribution in [0.3, 0.4) is 0 Å². The highest BCUT2D eigenvalue weighted by Gasteiger charge is 2.14. The molecule has 314 valence electrons. The first-order chi connectivity index (χ1) is 25.7. The smallest absolute Gasteiger partial charge is 0.306 e. The maximum atomic E-state index is 12.6. The summed E-state index contributed by atoms with van der Waals surface area (Å²) in [6.07, 6.45) is 30.5. The highest BCUT2D eigenvalue weighted by Crippen LogP contribution is 2.17. The molecule has 0 saturated heterocycles. The number of guanidine groups is 1. The lowest BCUT2D eigenvalue weighted by atomic mass is 10.0. The average molecular weight is 772 g/mol. The van der Waals surface area contributed by atoms with Crippen LogP contribution >= 0.6 is 0 Å². The quantitative estimate of drug-likeness (QED) is 0.0277. The van der Waals surface area contributed by atoms with E-state index in [9.17, 15) is 13.8 Å². The van der Waals surface area contributed by atoms with Crippen molar-refractivity contribution < 1.29 is 23.3 Å². The number of carbonyl (C=O) groups excluding carboxylic acids is 2. The van der Waals surface area contributed by atoms with Gasteiger partial charge in [-0.3, -0.25) is 19.3 Å². The molecule has 0 heterocycles. The fraction of sp³-hybridized carbons (Fsp3) is 0.929. The van der Waals surface area contributed by atoms with E-state index in [0.717, 1.165) is 129 Å². The molecule has 0 fully saturated rings. The molecule has 2 atom stereocenters. The van der Waals surface area contributed by atoms with Gasteiger partial charge in [0.2, 0.25) is 5.96 Å². The molecule has 0 rings (SSSR count). The van der Waals surface area contributed by atoms with E-state index < -0.39 is 11.2 Å². The second-order valence-electron chi connectivity index (χ2n) is 15.2. The topological polar surface area (TPSA) is 127 Å². The van der Waals surface area contributed by atoms with E-state index in [1.165, 1.54) is 57.8 Å². The van der Waals surface area contributed by atoms with Crippen molar-refractivity contribution in [2.75, 3.05) is 46.9 Å². The molecule has 0 spiro atoms. The lowest BCUT2D eigenvalue weighted by Gasteiger charge is -2.22. The van der Waals surface area contributed by atoms with Crippen LogP contribution in [0.1, 0.15) is 201 Å². The van der Waals surface area contributed by atoms with Crippen LogP contribution in [-0.2, 0) is 30.2 Å². The SMILES string of the molecule is CCCCCCCCOC(=O)CCCCCCCN(CCCCCCCC(=O)OC(CCCCC)CCCCCC)CCCN=C(NS(N)=O)N(C)C. The monoisotopic (exact) mass is 772 g/mol. The highest BCUT2D eigenvalue weighted by molar-refractivity contribution is 7.81. The zero-order valence-electron chi connectivity index (χ0n) is 35.3. The molecule has 0 aromatic heterocycles. The normalized spacial score (nSPS) is 12.9. The van der Waals surface area contributed by atoms with Crippen LogP contribution < -0.4 is 9.86 Å². The van der Waals surface area contributed by atoms with Crippen molar-refractivity contribution in [3.63, 3.8) is 0 Å². The molecule has 2 unspecified atom stereocenters. The summed E-state index contributed by atoms with van der Waals surface area (Å²) in [5.74, 6) is 0.480. The third-order valence-corrected chi connectivity index (χ3v) is 10.2. The summed E-state index contributed by atoms with van der Waals surface area (Å²) in [7, 11) is 3.71. The van der Waals surface area contributed by atoms with Crippen LogP contribution in [0.25, 0.3) is 0 Å². The fourth-order valence-corrected chi connectivity index (χ4v) is 6.94. The first-order valence-electron chi connectivity index (χ1n) is 21.9. The number of aliphatic imine (C=N–C) groups is 1. The van der Waals surface area contributed by atoms with Gasteiger partial charge in [-0.1, -0.05) is 124 Å². The number of nitrogens with zero attached hydrogens (tertiary/aromatic N) is 3. The summed E-state index contributed by atoms with van der Waals surface area (Å²) < 4.78 is 25.5. The Morgan fingerprint density at radius 3 is 1.64 bits per heavy atom. The van der Waals surface area contributed by atoms with Gasteiger partial charge in [0.15, 0.2) is 11.2 Å². The van der Waals surface area contributed by atoms with Gasteiger partial charge in [-0.15, -0.1) is 0 Å². The number of nitrogens with two attached hydrogens (primary N) is 1. The van der Waals surface area contributed by atoms with Crippen molar-refractivity contribution in [2.45, 2.75) is 207 Å². The van der Waals surface area contributed by atoms with E-state index >= 15 is 0 Å². The van der Waals surface area contributed by atoms with Crippen molar-refractivity contribution in [3.8, 4) is 0 Å². The van der Waals surface area contributed by atoms with Gasteiger partial charge in [0, 0.05) is 33.5 Å². The Bertz CT molecular complexity index is 907. The minimum Gasteiger partial charge on any atom is -0.466 e. The molecule has 0 aliphatic heterocycles. The van der Waals surface area contributed by atoms with Gasteiger partial charge in [0.1, 0.15) is 6.10 Å². The zero-order valence-corrected chi connectivity index (χ0v) is 36.1. The largest absolute Gasteiger partial charge is 0.466 e. The Labute approximate surface area is 329 Å². The molecule has 0 aliphatic rings. The third kappa shape index (κ3) is 35.7. The summed E-state index contributed by atoms with van der Waals surface area (Å²) >= 11 is -1.65. The van der Waals surface area contributed by atoms with E-state index in [4.69, 9.17) is 14.6 Å². The van der Waals surface area contributed by atoms with Crippen molar-refractivity contribution in [3.05, 3.63) is 0 Å². The molecule has 0 saturated carbocycles. The van der Waals surface area contributed by atoms with Crippen LogP contribution in [0, 0.1) is 0 Å². The summed E-state index contributed by atoms with van der Waals surface area (Å²) in [5.41, 5.74) is 0. The van der Waals surface area contributed by atoms with Crippen molar-refractivity contribution >= 4 is 29.1 Å². The molecule has 0 aromatic carbocycles. The maximum Gasteiger partial charge on any atom is 0.306 e. The predicted molar refractivity (Wildman–Crippen MR) is 225 cm³/mol. The Morgan fingerprint density at radius 1 is 0.623 bits per heavy atom. The van der Waals surface area contributed by atoms with E-state index in [-0.39, 0.29) is 18.0 Å². The number of hydrogen-bond donors (Lipinski definition) is 2. The molecular formula is C42H85N5O5S. The van der Waals surface area contributed by atoms with Crippen molar-refractivity contribution in [1.29, 1.82) is 0 Å². The van der Waals surface area contributed by atoms with Gasteiger partial charge in [0.05, 0.1) is 6.61 Å².